The average Bonchev–Trinajstić information content (AvgIpc) is 2.20. The zero-order valence-corrected chi connectivity index (χ0v) is 8.76. The first-order valence-corrected chi connectivity index (χ1v) is 4.77. The minimum Gasteiger partial charge on any atom is -0.386 e. The lowest BCUT2D eigenvalue weighted by Crippen LogP contribution is -2.09. The zero-order valence-electron chi connectivity index (χ0n) is 8.76. The molecule has 2 nitrogen and oxygen atoms in total. The van der Waals surface area contributed by atoms with Crippen LogP contribution in [-0.4, -0.2) is 18.3 Å². The number of ether oxygens (including phenoxy) is 1. The van der Waals surface area contributed by atoms with Crippen LogP contribution < -0.4 is 0 Å². The topological polar surface area (TPSA) is 29.5 Å². The minimum atomic E-state index is -1.05. The Hall–Kier alpha value is -1.00. The van der Waals surface area contributed by atoms with E-state index in [1.165, 1.54) is 13.0 Å². The van der Waals surface area contributed by atoms with Crippen molar-refractivity contribution in [3.63, 3.8) is 0 Å². The van der Waals surface area contributed by atoms with Crippen LogP contribution in [0, 0.1) is 18.6 Å². The third kappa shape index (κ3) is 2.97. The van der Waals surface area contributed by atoms with Crippen LogP contribution in [0.3, 0.4) is 0 Å². The summed E-state index contributed by atoms with van der Waals surface area (Å²) in [4.78, 5) is 0. The number of aliphatic hydroxyl groups excluding tert-OH is 1. The largest absolute Gasteiger partial charge is 0.386 e. The first kappa shape index (κ1) is 12.1. The second-order valence-corrected chi connectivity index (χ2v) is 3.30. The van der Waals surface area contributed by atoms with Crippen molar-refractivity contribution >= 4 is 0 Å². The van der Waals surface area contributed by atoms with E-state index in [0.717, 1.165) is 6.07 Å². The van der Waals surface area contributed by atoms with E-state index in [-0.39, 0.29) is 12.2 Å². The van der Waals surface area contributed by atoms with E-state index in [2.05, 4.69) is 0 Å². The van der Waals surface area contributed by atoms with E-state index >= 15 is 0 Å². The Labute approximate surface area is 87.5 Å². The first-order chi connectivity index (χ1) is 7.06. The maximum atomic E-state index is 13.3. The lowest BCUT2D eigenvalue weighted by Gasteiger charge is -2.12. The van der Waals surface area contributed by atoms with Gasteiger partial charge in [-0.25, -0.2) is 8.78 Å². The SMILES string of the molecule is CCOCC(O)c1cc(C)c(F)cc1F. The maximum absolute atomic E-state index is 13.3. The van der Waals surface area contributed by atoms with E-state index in [1.807, 2.05) is 0 Å². The van der Waals surface area contributed by atoms with Crippen LogP contribution in [0.15, 0.2) is 12.1 Å². The quantitative estimate of drug-likeness (QED) is 0.837. The first-order valence-electron chi connectivity index (χ1n) is 4.77. The molecule has 0 spiro atoms. The number of aryl methyl sites for hydroxylation is 1. The van der Waals surface area contributed by atoms with Crippen molar-refractivity contribution in [1.82, 2.24) is 0 Å². The molecular weight excluding hydrogens is 202 g/mol. The van der Waals surface area contributed by atoms with Crippen molar-refractivity contribution in [3.05, 3.63) is 34.9 Å². The monoisotopic (exact) mass is 216 g/mol. The highest BCUT2D eigenvalue weighted by molar-refractivity contribution is 5.27. The molecule has 0 amide bonds. The normalized spacial score (nSPS) is 12.9. The van der Waals surface area contributed by atoms with Crippen molar-refractivity contribution in [3.8, 4) is 0 Å². The number of rotatable bonds is 4. The van der Waals surface area contributed by atoms with Gasteiger partial charge in [-0.1, -0.05) is 0 Å². The van der Waals surface area contributed by atoms with Gasteiger partial charge >= 0.3 is 0 Å². The second kappa shape index (κ2) is 5.19. The number of hydrogen-bond acceptors (Lipinski definition) is 2. The van der Waals surface area contributed by atoms with E-state index in [1.54, 1.807) is 6.92 Å². The molecule has 0 heterocycles. The Morgan fingerprint density at radius 2 is 2.00 bits per heavy atom. The fourth-order valence-electron chi connectivity index (χ4n) is 1.25. The van der Waals surface area contributed by atoms with Gasteiger partial charge in [-0.15, -0.1) is 0 Å². The van der Waals surface area contributed by atoms with Crippen molar-refractivity contribution in [2.45, 2.75) is 20.0 Å². The van der Waals surface area contributed by atoms with Gasteiger partial charge in [0.1, 0.15) is 17.7 Å². The van der Waals surface area contributed by atoms with E-state index < -0.39 is 17.7 Å². The number of hydrogen-bond donors (Lipinski definition) is 1. The fourth-order valence-corrected chi connectivity index (χ4v) is 1.25. The van der Waals surface area contributed by atoms with Gasteiger partial charge in [-0.3, -0.25) is 0 Å². The predicted molar refractivity (Wildman–Crippen MR) is 52.5 cm³/mol. The van der Waals surface area contributed by atoms with Gasteiger partial charge in [0.25, 0.3) is 0 Å². The van der Waals surface area contributed by atoms with Crippen molar-refractivity contribution in [2.75, 3.05) is 13.2 Å². The number of aliphatic hydroxyl groups is 1. The summed E-state index contributed by atoms with van der Waals surface area (Å²) in [6.07, 6.45) is -1.05. The van der Waals surface area contributed by atoms with E-state index in [4.69, 9.17) is 4.74 Å². The summed E-state index contributed by atoms with van der Waals surface area (Å²) in [5, 5.41) is 9.56. The summed E-state index contributed by atoms with van der Waals surface area (Å²) in [6, 6.07) is 2.08. The highest BCUT2D eigenvalue weighted by atomic mass is 19.1. The Morgan fingerprint density at radius 3 is 2.60 bits per heavy atom. The summed E-state index contributed by atoms with van der Waals surface area (Å²) < 4.78 is 31.1. The molecule has 1 rings (SSSR count). The highest BCUT2D eigenvalue weighted by Gasteiger charge is 2.15. The molecule has 4 heteroatoms. The second-order valence-electron chi connectivity index (χ2n) is 3.30. The molecule has 0 aliphatic heterocycles. The number of halogens is 2. The molecule has 15 heavy (non-hydrogen) atoms. The van der Waals surface area contributed by atoms with Crippen molar-refractivity contribution in [2.24, 2.45) is 0 Å². The van der Waals surface area contributed by atoms with Crippen LogP contribution >= 0.6 is 0 Å². The van der Waals surface area contributed by atoms with Gasteiger partial charge in [0.05, 0.1) is 6.61 Å². The Bertz CT molecular complexity index is 340. The van der Waals surface area contributed by atoms with Crippen LogP contribution in [-0.2, 0) is 4.74 Å². The zero-order chi connectivity index (χ0) is 11.4. The van der Waals surface area contributed by atoms with Gasteiger partial charge in [-0.05, 0) is 25.5 Å². The molecule has 0 aliphatic carbocycles. The summed E-state index contributed by atoms with van der Waals surface area (Å²) in [7, 11) is 0. The Balaban J connectivity index is 2.88. The third-order valence-corrected chi connectivity index (χ3v) is 2.12. The molecule has 1 atom stereocenters. The average molecular weight is 216 g/mol. The fraction of sp³-hybridized carbons (Fsp3) is 0.455. The van der Waals surface area contributed by atoms with Crippen LogP contribution in [0.2, 0.25) is 0 Å². The molecule has 0 saturated carbocycles. The molecule has 0 aromatic heterocycles. The van der Waals surface area contributed by atoms with Gasteiger partial charge in [-0.2, -0.15) is 0 Å². The van der Waals surface area contributed by atoms with Crippen LogP contribution in [0.4, 0.5) is 8.78 Å². The number of benzene rings is 1. The van der Waals surface area contributed by atoms with Crippen LogP contribution in [0.25, 0.3) is 0 Å². The third-order valence-electron chi connectivity index (χ3n) is 2.12. The van der Waals surface area contributed by atoms with Gasteiger partial charge in [0.15, 0.2) is 0 Å². The molecule has 0 fully saturated rings. The smallest absolute Gasteiger partial charge is 0.132 e. The van der Waals surface area contributed by atoms with Gasteiger partial charge in [0.2, 0.25) is 0 Å². The predicted octanol–water partition coefficient (Wildman–Crippen LogP) is 2.34. The highest BCUT2D eigenvalue weighted by Crippen LogP contribution is 2.20. The standard InChI is InChI=1S/C11H14F2O2/c1-3-15-6-11(14)8-4-7(2)9(12)5-10(8)13/h4-5,11,14H,3,6H2,1-2H3. The lowest BCUT2D eigenvalue weighted by atomic mass is 10.1. The Morgan fingerprint density at radius 1 is 1.33 bits per heavy atom. The lowest BCUT2D eigenvalue weighted by molar-refractivity contribution is 0.0400. The van der Waals surface area contributed by atoms with Crippen LogP contribution in [0.5, 0.6) is 0 Å². The molecule has 84 valence electrons. The van der Waals surface area contributed by atoms with Crippen LogP contribution in [0.1, 0.15) is 24.2 Å². The molecule has 1 aromatic rings. The minimum absolute atomic E-state index is 0.0124. The molecule has 0 radical (unpaired) electrons. The molecule has 1 unspecified atom stereocenters. The maximum Gasteiger partial charge on any atom is 0.132 e. The summed E-state index contributed by atoms with van der Waals surface area (Å²) in [6.45, 7) is 3.75. The molecule has 0 aliphatic rings. The summed E-state index contributed by atoms with van der Waals surface area (Å²) in [5.41, 5.74) is 0.379. The van der Waals surface area contributed by atoms with Crippen molar-refractivity contribution < 1.29 is 18.6 Å². The molecule has 0 saturated heterocycles. The van der Waals surface area contributed by atoms with Gasteiger partial charge in [0, 0.05) is 18.2 Å². The Kier molecular flexibility index (Phi) is 4.17. The van der Waals surface area contributed by atoms with E-state index in [9.17, 15) is 13.9 Å². The molecule has 1 aromatic carbocycles. The molecule has 0 bridgehead atoms. The summed E-state index contributed by atoms with van der Waals surface area (Å²) in [5.74, 6) is -1.36. The van der Waals surface area contributed by atoms with E-state index in [0.29, 0.717) is 12.2 Å². The molecule has 1 N–H and O–H groups in total. The van der Waals surface area contributed by atoms with Crippen molar-refractivity contribution in [1.29, 1.82) is 0 Å². The summed E-state index contributed by atoms with van der Waals surface area (Å²) >= 11 is 0. The molecular formula is C11H14F2O2. The van der Waals surface area contributed by atoms with Gasteiger partial charge < -0.3 is 9.84 Å².